The van der Waals surface area contributed by atoms with Crippen LogP contribution in [0.25, 0.3) is 0 Å². The molecule has 0 bridgehead atoms. The van der Waals surface area contributed by atoms with E-state index in [-0.39, 0.29) is 23.9 Å². The number of hydrogen-bond acceptors (Lipinski definition) is 5. The first-order valence-electron chi connectivity index (χ1n) is 9.09. The summed E-state index contributed by atoms with van der Waals surface area (Å²) >= 11 is 5.13. The predicted molar refractivity (Wildman–Crippen MR) is 116 cm³/mol. The van der Waals surface area contributed by atoms with E-state index < -0.39 is 11.9 Å². The van der Waals surface area contributed by atoms with Gasteiger partial charge in [0, 0.05) is 29.9 Å². The molecule has 29 heavy (non-hydrogen) atoms. The first-order valence-corrected chi connectivity index (χ1v) is 9.50. The molecule has 0 radical (unpaired) electrons. The molecule has 7 nitrogen and oxygen atoms in total. The fourth-order valence-corrected chi connectivity index (χ4v) is 2.84. The van der Waals surface area contributed by atoms with Crippen LogP contribution in [0.2, 0.25) is 0 Å². The Morgan fingerprint density at radius 1 is 1.03 bits per heavy atom. The zero-order valence-electron chi connectivity index (χ0n) is 16.3. The Kier molecular flexibility index (Phi) is 8.29. The number of ether oxygens (including phenoxy) is 1. The molecule has 0 saturated heterocycles. The number of anilines is 2. The van der Waals surface area contributed by atoms with Gasteiger partial charge in [-0.05, 0) is 49.5 Å². The van der Waals surface area contributed by atoms with Gasteiger partial charge in [0.05, 0.1) is 13.5 Å². The van der Waals surface area contributed by atoms with Crippen molar-refractivity contribution < 1.29 is 19.1 Å². The van der Waals surface area contributed by atoms with E-state index in [4.69, 9.17) is 12.2 Å². The number of amides is 2. The Hall–Kier alpha value is -3.26. The lowest BCUT2D eigenvalue weighted by atomic mass is 10.1. The summed E-state index contributed by atoms with van der Waals surface area (Å²) in [6.45, 7) is 2.43. The second kappa shape index (κ2) is 10.9. The summed E-state index contributed by atoms with van der Waals surface area (Å²) in [7, 11) is 1.26. The Balaban J connectivity index is 2.01. The zero-order chi connectivity index (χ0) is 21.2. The normalized spacial score (nSPS) is 10.0. The van der Waals surface area contributed by atoms with E-state index in [9.17, 15) is 14.4 Å². The van der Waals surface area contributed by atoms with Crippen molar-refractivity contribution in [2.45, 2.75) is 19.8 Å². The summed E-state index contributed by atoms with van der Waals surface area (Å²) in [5.41, 5.74) is 1.87. The molecule has 0 saturated carbocycles. The van der Waals surface area contributed by atoms with Crippen LogP contribution in [-0.4, -0.2) is 36.6 Å². The van der Waals surface area contributed by atoms with Gasteiger partial charge in [0.25, 0.3) is 5.91 Å². The number of nitrogens with zero attached hydrogens (tertiary/aromatic N) is 1. The molecule has 8 heteroatoms. The van der Waals surface area contributed by atoms with Crippen molar-refractivity contribution >= 4 is 46.5 Å². The van der Waals surface area contributed by atoms with Crippen molar-refractivity contribution in [3.8, 4) is 0 Å². The van der Waals surface area contributed by atoms with Gasteiger partial charge < -0.3 is 20.3 Å². The van der Waals surface area contributed by atoms with Crippen LogP contribution in [0.1, 0.15) is 30.1 Å². The van der Waals surface area contributed by atoms with Crippen LogP contribution in [0.4, 0.5) is 11.4 Å². The van der Waals surface area contributed by atoms with Crippen LogP contribution >= 0.6 is 12.2 Å². The van der Waals surface area contributed by atoms with E-state index in [1.807, 2.05) is 37.3 Å². The molecule has 0 heterocycles. The molecule has 0 atom stereocenters. The lowest BCUT2D eigenvalue weighted by Crippen LogP contribution is -2.34. The minimum absolute atomic E-state index is 0.0265. The number of nitrogens with one attached hydrogen (secondary N) is 2. The predicted octanol–water partition coefficient (Wildman–Crippen LogP) is 3.12. The molecule has 0 spiro atoms. The van der Waals surface area contributed by atoms with E-state index in [1.54, 1.807) is 29.2 Å². The third-order valence-corrected chi connectivity index (χ3v) is 4.24. The average molecular weight is 413 g/mol. The molecule has 2 aromatic rings. The maximum Gasteiger partial charge on any atom is 0.306 e. The monoisotopic (exact) mass is 413 g/mol. The van der Waals surface area contributed by atoms with Crippen LogP contribution in [0.15, 0.2) is 54.6 Å². The van der Waals surface area contributed by atoms with Crippen LogP contribution in [-0.2, 0) is 14.3 Å². The lowest BCUT2D eigenvalue weighted by molar-refractivity contribution is -0.142. The highest BCUT2D eigenvalue weighted by molar-refractivity contribution is 7.80. The number of carbonyl (C=O) groups is 3. The van der Waals surface area contributed by atoms with Gasteiger partial charge in [-0.3, -0.25) is 14.4 Å². The fourth-order valence-electron chi connectivity index (χ4n) is 2.61. The third kappa shape index (κ3) is 6.69. The summed E-state index contributed by atoms with van der Waals surface area (Å²) in [6, 6.07) is 16.3. The average Bonchev–Trinajstić information content (AvgIpc) is 2.73. The van der Waals surface area contributed by atoms with Crippen LogP contribution < -0.4 is 15.5 Å². The molecule has 0 aromatic heterocycles. The largest absolute Gasteiger partial charge is 0.469 e. The van der Waals surface area contributed by atoms with Crippen molar-refractivity contribution in [3.05, 3.63) is 60.2 Å². The summed E-state index contributed by atoms with van der Waals surface area (Å²) in [5, 5.41) is 5.46. The van der Waals surface area contributed by atoms with Gasteiger partial charge in [-0.15, -0.1) is 0 Å². The highest BCUT2D eigenvalue weighted by Gasteiger charge is 2.16. The van der Waals surface area contributed by atoms with Crippen LogP contribution in [0, 0.1) is 0 Å². The van der Waals surface area contributed by atoms with Gasteiger partial charge in [0.2, 0.25) is 5.91 Å². The topological polar surface area (TPSA) is 87.7 Å². The first-order chi connectivity index (χ1) is 13.9. The second-order valence-electron chi connectivity index (χ2n) is 6.04. The first kappa shape index (κ1) is 22.0. The molecule has 0 aliphatic heterocycles. The van der Waals surface area contributed by atoms with Crippen molar-refractivity contribution in [2.24, 2.45) is 0 Å². The zero-order valence-corrected chi connectivity index (χ0v) is 17.1. The maximum absolute atomic E-state index is 12.9. The van der Waals surface area contributed by atoms with E-state index in [1.165, 1.54) is 7.11 Å². The van der Waals surface area contributed by atoms with Gasteiger partial charge in [-0.2, -0.15) is 0 Å². The second-order valence-corrected chi connectivity index (χ2v) is 6.45. The van der Waals surface area contributed by atoms with E-state index in [0.29, 0.717) is 17.8 Å². The Morgan fingerprint density at radius 2 is 1.76 bits per heavy atom. The van der Waals surface area contributed by atoms with Gasteiger partial charge in [0.15, 0.2) is 5.11 Å². The van der Waals surface area contributed by atoms with Crippen molar-refractivity contribution in [3.63, 3.8) is 0 Å². The highest BCUT2D eigenvalue weighted by Crippen LogP contribution is 2.18. The molecule has 2 N–H and O–H groups in total. The standard InChI is InChI=1S/C21H23N3O4S/c1-3-24(17-10-5-4-6-11-17)20(27)15-8-7-9-16(14-15)22-21(29)23-18(25)12-13-19(26)28-2/h4-11,14H,3,12-13H2,1-2H3,(H2,22,23,25,29). The molecule has 0 aliphatic carbocycles. The summed E-state index contributed by atoms with van der Waals surface area (Å²) < 4.78 is 4.49. The van der Waals surface area contributed by atoms with Crippen molar-refractivity contribution in [1.82, 2.24) is 5.32 Å². The Morgan fingerprint density at radius 3 is 2.41 bits per heavy atom. The molecule has 0 unspecified atom stereocenters. The maximum atomic E-state index is 12.9. The number of thiocarbonyl (C=S) groups is 1. The minimum atomic E-state index is -0.468. The molecule has 2 rings (SSSR count). The molecular weight excluding hydrogens is 390 g/mol. The molecule has 0 aliphatic rings. The Labute approximate surface area is 175 Å². The van der Waals surface area contributed by atoms with Gasteiger partial charge >= 0.3 is 5.97 Å². The number of rotatable bonds is 7. The van der Waals surface area contributed by atoms with Crippen LogP contribution in [0.3, 0.4) is 0 Å². The highest BCUT2D eigenvalue weighted by atomic mass is 32.1. The number of benzene rings is 2. The molecule has 2 amide bonds. The third-order valence-electron chi connectivity index (χ3n) is 4.03. The quantitative estimate of drug-likeness (QED) is 0.536. The smallest absolute Gasteiger partial charge is 0.306 e. The number of carbonyl (C=O) groups excluding carboxylic acids is 3. The summed E-state index contributed by atoms with van der Waals surface area (Å²) in [5.74, 6) is -1.01. The fraction of sp³-hybridized carbons (Fsp3) is 0.238. The van der Waals surface area contributed by atoms with Gasteiger partial charge in [-0.1, -0.05) is 24.3 Å². The minimum Gasteiger partial charge on any atom is -0.469 e. The molecule has 2 aromatic carbocycles. The number of esters is 1. The van der Waals surface area contributed by atoms with Gasteiger partial charge in [0.1, 0.15) is 0 Å². The molecule has 152 valence electrons. The van der Waals surface area contributed by atoms with Crippen molar-refractivity contribution in [2.75, 3.05) is 23.9 Å². The molecular formula is C21H23N3O4S. The van der Waals surface area contributed by atoms with E-state index in [0.717, 1.165) is 5.69 Å². The number of methoxy groups -OCH3 is 1. The Bertz CT molecular complexity index is 887. The van der Waals surface area contributed by atoms with Crippen LogP contribution in [0.5, 0.6) is 0 Å². The van der Waals surface area contributed by atoms with Gasteiger partial charge in [-0.25, -0.2) is 0 Å². The number of hydrogen-bond donors (Lipinski definition) is 2. The SMILES string of the molecule is CCN(C(=O)c1cccc(NC(=S)NC(=O)CCC(=O)OC)c1)c1ccccc1. The molecule has 0 fully saturated rings. The number of para-hydroxylation sites is 1. The van der Waals surface area contributed by atoms with E-state index in [2.05, 4.69) is 15.4 Å². The van der Waals surface area contributed by atoms with Crippen molar-refractivity contribution in [1.29, 1.82) is 0 Å². The lowest BCUT2D eigenvalue weighted by Gasteiger charge is -2.21. The van der Waals surface area contributed by atoms with E-state index >= 15 is 0 Å². The summed E-state index contributed by atoms with van der Waals surface area (Å²) in [4.78, 5) is 37.5. The summed E-state index contributed by atoms with van der Waals surface area (Å²) in [6.07, 6.45) is -0.0587.